The van der Waals surface area contributed by atoms with E-state index >= 15 is 0 Å². The molecular formula is C30H44O4. The van der Waals surface area contributed by atoms with E-state index < -0.39 is 11.9 Å². The van der Waals surface area contributed by atoms with E-state index in [4.69, 9.17) is 5.11 Å². The van der Waals surface area contributed by atoms with Crippen molar-refractivity contribution in [3.63, 3.8) is 0 Å². The molecule has 0 amide bonds. The van der Waals surface area contributed by atoms with Crippen LogP contribution >= 0.6 is 0 Å². The second kappa shape index (κ2) is 9.51. The van der Waals surface area contributed by atoms with E-state index in [1.807, 2.05) is 6.08 Å². The van der Waals surface area contributed by atoms with Crippen molar-refractivity contribution < 1.29 is 19.8 Å². The molecule has 0 radical (unpaired) electrons. The molecule has 0 aromatic carbocycles. The standard InChI is InChI=1S/C30H44O4/c1-19(2)22-11-12-25-24(28(22,5)16-15-26(31)32)14-18-29(6)23(13-17-30(25,29)7)20(3)9-8-10-21(4)27(33)34/h10,12,14,20,22-23H,1,8-9,11,13,15-18H2,2-7H3,(H,31,32)(H,33,34). The number of carbonyl (C=O) groups is 2. The van der Waals surface area contributed by atoms with Crippen LogP contribution in [0.3, 0.4) is 0 Å². The van der Waals surface area contributed by atoms with Crippen LogP contribution < -0.4 is 0 Å². The van der Waals surface area contributed by atoms with Crippen molar-refractivity contribution in [3.8, 4) is 0 Å². The summed E-state index contributed by atoms with van der Waals surface area (Å²) in [6.07, 6.45) is 13.7. The highest BCUT2D eigenvalue weighted by molar-refractivity contribution is 5.85. The maximum Gasteiger partial charge on any atom is 0.330 e. The van der Waals surface area contributed by atoms with Crippen molar-refractivity contribution in [2.45, 2.75) is 92.9 Å². The first-order chi connectivity index (χ1) is 15.8. The minimum atomic E-state index is -0.832. The number of hydrogen-bond acceptors (Lipinski definition) is 2. The average molecular weight is 469 g/mol. The molecule has 4 heteroatoms. The summed E-state index contributed by atoms with van der Waals surface area (Å²) in [6, 6.07) is 0. The zero-order chi connectivity index (χ0) is 25.5. The number of hydrogen-bond donors (Lipinski definition) is 2. The van der Waals surface area contributed by atoms with Crippen molar-refractivity contribution in [2.75, 3.05) is 0 Å². The lowest BCUT2D eigenvalue weighted by molar-refractivity contribution is -0.137. The van der Waals surface area contributed by atoms with Crippen molar-refractivity contribution in [2.24, 2.45) is 34.0 Å². The van der Waals surface area contributed by atoms with Gasteiger partial charge in [0.1, 0.15) is 0 Å². The fourth-order valence-corrected chi connectivity index (χ4v) is 7.74. The molecular weight excluding hydrogens is 424 g/mol. The Morgan fingerprint density at radius 2 is 1.85 bits per heavy atom. The fourth-order valence-electron chi connectivity index (χ4n) is 7.74. The largest absolute Gasteiger partial charge is 0.481 e. The third kappa shape index (κ3) is 4.33. The number of aliphatic carboxylic acids is 2. The van der Waals surface area contributed by atoms with Gasteiger partial charge in [-0.1, -0.05) is 58.1 Å². The highest BCUT2D eigenvalue weighted by Crippen LogP contribution is 2.70. The quantitative estimate of drug-likeness (QED) is 0.270. The minimum Gasteiger partial charge on any atom is -0.481 e. The zero-order valence-electron chi connectivity index (χ0n) is 22.0. The third-order valence-corrected chi connectivity index (χ3v) is 10.1. The molecule has 34 heavy (non-hydrogen) atoms. The van der Waals surface area contributed by atoms with Crippen LogP contribution in [0.15, 0.2) is 47.1 Å². The van der Waals surface area contributed by atoms with Gasteiger partial charge in [-0.2, -0.15) is 0 Å². The van der Waals surface area contributed by atoms with Gasteiger partial charge in [0.25, 0.3) is 0 Å². The number of allylic oxidation sites excluding steroid dienone is 6. The Morgan fingerprint density at radius 1 is 1.18 bits per heavy atom. The molecule has 4 nitrogen and oxygen atoms in total. The van der Waals surface area contributed by atoms with Gasteiger partial charge in [0.05, 0.1) is 0 Å². The Morgan fingerprint density at radius 3 is 2.44 bits per heavy atom. The Kier molecular flexibility index (Phi) is 7.41. The lowest BCUT2D eigenvalue weighted by Gasteiger charge is -2.56. The lowest BCUT2D eigenvalue weighted by Crippen LogP contribution is -2.47. The van der Waals surface area contributed by atoms with E-state index in [0.29, 0.717) is 23.8 Å². The van der Waals surface area contributed by atoms with Crippen molar-refractivity contribution in [3.05, 3.63) is 47.1 Å². The summed E-state index contributed by atoms with van der Waals surface area (Å²) in [7, 11) is 0. The van der Waals surface area contributed by atoms with Gasteiger partial charge in [0.15, 0.2) is 0 Å². The minimum absolute atomic E-state index is 0.0767. The van der Waals surface area contributed by atoms with Gasteiger partial charge in [0.2, 0.25) is 0 Å². The molecule has 0 heterocycles. The van der Waals surface area contributed by atoms with Crippen LogP contribution in [0, 0.1) is 34.0 Å². The smallest absolute Gasteiger partial charge is 0.330 e. The highest BCUT2D eigenvalue weighted by Gasteiger charge is 2.60. The molecule has 0 aromatic rings. The van der Waals surface area contributed by atoms with Gasteiger partial charge in [-0.05, 0) is 104 Å². The van der Waals surface area contributed by atoms with Gasteiger partial charge < -0.3 is 10.2 Å². The summed E-state index contributed by atoms with van der Waals surface area (Å²) < 4.78 is 0. The Bertz CT molecular complexity index is 953. The summed E-state index contributed by atoms with van der Waals surface area (Å²) in [5, 5.41) is 18.6. The van der Waals surface area contributed by atoms with E-state index in [1.165, 1.54) is 17.6 Å². The second-order valence-corrected chi connectivity index (χ2v) is 12.0. The van der Waals surface area contributed by atoms with Gasteiger partial charge in [-0.3, -0.25) is 4.79 Å². The van der Waals surface area contributed by atoms with Crippen LogP contribution in [0.2, 0.25) is 0 Å². The van der Waals surface area contributed by atoms with E-state index in [9.17, 15) is 14.7 Å². The summed E-state index contributed by atoms with van der Waals surface area (Å²) in [4.78, 5) is 22.6. The van der Waals surface area contributed by atoms with Gasteiger partial charge in [0, 0.05) is 12.0 Å². The number of carboxylic acids is 2. The number of fused-ring (bicyclic) bond motifs is 3. The van der Waals surface area contributed by atoms with E-state index in [-0.39, 0.29) is 28.6 Å². The van der Waals surface area contributed by atoms with E-state index in [1.54, 1.807) is 6.92 Å². The van der Waals surface area contributed by atoms with Crippen molar-refractivity contribution in [1.29, 1.82) is 0 Å². The predicted octanol–water partition coefficient (Wildman–Crippen LogP) is 7.58. The van der Waals surface area contributed by atoms with E-state index in [0.717, 1.165) is 37.7 Å². The molecule has 1 saturated carbocycles. The summed E-state index contributed by atoms with van der Waals surface area (Å²) >= 11 is 0. The first-order valence-electron chi connectivity index (χ1n) is 13.0. The maximum atomic E-state index is 11.5. The van der Waals surface area contributed by atoms with Crippen LogP contribution in [0.25, 0.3) is 0 Å². The Hall–Kier alpha value is -2.10. The van der Waals surface area contributed by atoms with Gasteiger partial charge >= 0.3 is 11.9 Å². The fraction of sp³-hybridized carbons (Fsp3) is 0.667. The normalized spacial score (nSPS) is 36.1. The molecule has 3 aliphatic carbocycles. The monoisotopic (exact) mass is 468 g/mol. The first-order valence-corrected chi connectivity index (χ1v) is 13.0. The summed E-state index contributed by atoms with van der Waals surface area (Å²) in [5.41, 5.74) is 4.45. The second-order valence-electron chi connectivity index (χ2n) is 12.0. The van der Waals surface area contributed by atoms with Crippen LogP contribution in [0.1, 0.15) is 92.9 Å². The average Bonchev–Trinajstić information content (AvgIpc) is 3.03. The van der Waals surface area contributed by atoms with E-state index in [2.05, 4.69) is 53.3 Å². The predicted molar refractivity (Wildman–Crippen MR) is 137 cm³/mol. The number of rotatable bonds is 9. The number of carboxylic acid groups (broad SMARTS) is 2. The summed E-state index contributed by atoms with van der Waals surface area (Å²) in [6.45, 7) is 17.6. The molecule has 6 unspecified atom stereocenters. The van der Waals surface area contributed by atoms with Gasteiger partial charge in [-0.25, -0.2) is 4.79 Å². The first kappa shape index (κ1) is 26.5. The Labute approximate surface area is 205 Å². The topological polar surface area (TPSA) is 74.6 Å². The molecule has 0 saturated heterocycles. The summed E-state index contributed by atoms with van der Waals surface area (Å²) in [5.74, 6) is -0.187. The third-order valence-electron chi connectivity index (χ3n) is 10.1. The van der Waals surface area contributed by atoms with Crippen molar-refractivity contribution in [1.82, 2.24) is 0 Å². The van der Waals surface area contributed by atoms with Crippen LogP contribution in [-0.2, 0) is 9.59 Å². The van der Waals surface area contributed by atoms with Gasteiger partial charge in [-0.15, -0.1) is 0 Å². The van der Waals surface area contributed by atoms with Crippen LogP contribution in [0.4, 0.5) is 0 Å². The van der Waals surface area contributed by atoms with Crippen molar-refractivity contribution >= 4 is 11.9 Å². The molecule has 0 aliphatic heterocycles. The molecule has 0 bridgehead atoms. The highest BCUT2D eigenvalue weighted by atomic mass is 16.4. The molecule has 0 aromatic heterocycles. The molecule has 2 N–H and O–H groups in total. The molecule has 188 valence electrons. The molecule has 3 rings (SSSR count). The molecule has 0 spiro atoms. The zero-order valence-corrected chi connectivity index (χ0v) is 22.0. The Balaban J connectivity index is 1.91. The molecule has 1 fully saturated rings. The lowest BCUT2D eigenvalue weighted by atomic mass is 9.48. The molecule has 6 atom stereocenters. The van der Waals surface area contributed by atoms with Crippen LogP contribution in [0.5, 0.6) is 0 Å². The SMILES string of the molecule is C=C(C)C1CC=C2C(=CCC3(C)C(C(C)CCC=C(C)C(=O)O)CCC23C)C1(C)CCC(=O)O. The van der Waals surface area contributed by atoms with Crippen LogP contribution in [-0.4, -0.2) is 22.2 Å². The maximum absolute atomic E-state index is 11.5. The molecule has 3 aliphatic rings.